The Bertz CT molecular complexity index is 249. The Kier molecular flexibility index (Phi) is 2.82. The van der Waals surface area contributed by atoms with Crippen molar-refractivity contribution in [1.82, 2.24) is 0 Å². The average Bonchev–Trinajstić information content (AvgIpc) is 1.89. The number of hydrogen-bond donors (Lipinski definition) is 0. The van der Waals surface area contributed by atoms with Gasteiger partial charge in [-0.15, -0.1) is 0 Å². The van der Waals surface area contributed by atoms with E-state index in [1.54, 1.807) is 0 Å². The van der Waals surface area contributed by atoms with E-state index in [1.165, 1.54) is 0 Å². The number of sulfone groups is 1. The maximum absolute atomic E-state index is 10.4. The zero-order valence-electron chi connectivity index (χ0n) is 5.11. The van der Waals surface area contributed by atoms with Crippen LogP contribution >= 0.6 is 0 Å². The lowest BCUT2D eigenvalue weighted by Gasteiger charge is -1.92. The molecule has 0 saturated heterocycles. The molecule has 0 N–H and O–H groups in total. The topological polar surface area (TPSA) is 60.4 Å². The number of rotatable bonds is 2. The van der Waals surface area contributed by atoms with Crippen LogP contribution in [-0.4, -0.2) is 13.7 Å². The van der Waals surface area contributed by atoms with Gasteiger partial charge in [-0.05, 0) is 0 Å². The molecule has 0 aliphatic carbocycles. The summed E-state index contributed by atoms with van der Waals surface area (Å²) in [7, 11) is -3.93. The molecule has 0 spiro atoms. The van der Waals surface area contributed by atoms with Crippen molar-refractivity contribution in [3.63, 3.8) is 0 Å². The first kappa shape index (κ1) is 8.90. The zero-order chi connectivity index (χ0) is 8.20. The largest absolute Gasteiger partial charge is 0.433 e. The second kappa shape index (κ2) is 3.17. The van der Waals surface area contributed by atoms with E-state index in [1.807, 2.05) is 0 Å². The van der Waals surface area contributed by atoms with Gasteiger partial charge in [0, 0.05) is 5.41 Å². The summed E-state index contributed by atoms with van der Waals surface area (Å²) in [4.78, 5) is 10.3. The van der Waals surface area contributed by atoms with Crippen LogP contribution in [0.4, 0.5) is 4.79 Å². The molecule has 0 aromatic heterocycles. The van der Waals surface area contributed by atoms with Crippen LogP contribution in [0.2, 0.25) is 0 Å². The third-order valence-electron chi connectivity index (χ3n) is 0.631. The molecule has 0 aromatic carbocycles. The summed E-state index contributed by atoms with van der Waals surface area (Å²) in [5, 5.41) is -0.851. The van der Waals surface area contributed by atoms with Gasteiger partial charge in [-0.25, -0.2) is 13.2 Å². The third kappa shape index (κ3) is 2.02. The average molecular weight is 162 g/mol. The van der Waals surface area contributed by atoms with Crippen molar-refractivity contribution in [1.29, 1.82) is 0 Å². The van der Waals surface area contributed by atoms with Crippen molar-refractivity contribution in [2.75, 3.05) is 0 Å². The van der Waals surface area contributed by atoms with Crippen molar-refractivity contribution >= 4 is 15.1 Å². The van der Waals surface area contributed by atoms with Gasteiger partial charge in [0.15, 0.2) is 0 Å². The predicted octanol–water partition coefficient (Wildman–Crippen LogP) is 0.825. The maximum atomic E-state index is 10.4. The molecule has 5 heteroatoms. The molecule has 0 atom stereocenters. The molecule has 0 rings (SSSR count). The molecule has 0 bridgehead atoms. The number of hydrogen-bond acceptors (Lipinski definition) is 4. The van der Waals surface area contributed by atoms with E-state index in [0.717, 1.165) is 6.26 Å². The van der Waals surface area contributed by atoms with Gasteiger partial charge in [0.1, 0.15) is 0 Å². The molecule has 0 unspecified atom stereocenters. The van der Waals surface area contributed by atoms with Crippen LogP contribution in [0.25, 0.3) is 0 Å². The fourth-order valence-corrected chi connectivity index (χ4v) is 0.541. The lowest BCUT2D eigenvalue weighted by Crippen LogP contribution is -2.09. The van der Waals surface area contributed by atoms with Crippen LogP contribution in [-0.2, 0) is 14.6 Å². The van der Waals surface area contributed by atoms with Crippen molar-refractivity contribution in [3.05, 3.63) is 24.8 Å². The summed E-state index contributed by atoms with van der Waals surface area (Å²) in [5.74, 6) is 0. The van der Waals surface area contributed by atoms with Crippen LogP contribution in [0, 0.1) is 0 Å². The minimum absolute atomic E-state index is 0.513. The van der Waals surface area contributed by atoms with E-state index < -0.39 is 15.1 Å². The lowest BCUT2D eigenvalue weighted by atomic mass is 11.1. The summed E-state index contributed by atoms with van der Waals surface area (Å²) in [6.07, 6.45) is 0.739. The first-order valence-corrected chi connectivity index (χ1v) is 3.78. The number of carbonyl (C=O) groups excluding carboxylic acids is 1. The van der Waals surface area contributed by atoms with E-state index >= 15 is 0 Å². The Hall–Kier alpha value is -1.10. The van der Waals surface area contributed by atoms with Gasteiger partial charge in [0.2, 0.25) is 0 Å². The van der Waals surface area contributed by atoms with Gasteiger partial charge >= 0.3 is 5.30 Å². The van der Waals surface area contributed by atoms with Gasteiger partial charge in [-0.3, -0.25) is 0 Å². The van der Waals surface area contributed by atoms with Gasteiger partial charge in [0.25, 0.3) is 9.84 Å². The quantitative estimate of drug-likeness (QED) is 0.445. The maximum Gasteiger partial charge on any atom is 0.433 e. The third-order valence-corrected chi connectivity index (χ3v) is 1.63. The first-order valence-electron chi connectivity index (χ1n) is 2.23. The molecular weight excluding hydrogens is 156 g/mol. The minimum Gasteiger partial charge on any atom is -0.423 e. The molecule has 10 heavy (non-hydrogen) atoms. The molecule has 0 aliphatic heterocycles. The van der Waals surface area contributed by atoms with Crippen molar-refractivity contribution in [2.24, 2.45) is 0 Å². The predicted molar refractivity (Wildman–Crippen MR) is 35.8 cm³/mol. The molecule has 0 aromatic rings. The highest BCUT2D eigenvalue weighted by molar-refractivity contribution is 8.08. The van der Waals surface area contributed by atoms with Gasteiger partial charge in [-0.2, -0.15) is 0 Å². The van der Waals surface area contributed by atoms with Crippen molar-refractivity contribution in [3.8, 4) is 0 Å². The minimum atomic E-state index is -3.93. The highest BCUT2D eigenvalue weighted by atomic mass is 32.2. The summed E-state index contributed by atoms with van der Waals surface area (Å²) in [5.41, 5.74) is 0. The Balaban J connectivity index is 4.51. The van der Waals surface area contributed by atoms with Crippen LogP contribution in [0.3, 0.4) is 0 Å². The fraction of sp³-hybridized carbons (Fsp3) is 0. The monoisotopic (exact) mass is 162 g/mol. The van der Waals surface area contributed by atoms with E-state index in [-0.39, 0.29) is 0 Å². The Morgan fingerprint density at radius 1 is 1.40 bits per heavy atom. The molecule has 56 valence electrons. The van der Waals surface area contributed by atoms with Gasteiger partial charge in [0.05, 0.1) is 6.26 Å². The van der Waals surface area contributed by atoms with E-state index in [4.69, 9.17) is 0 Å². The fourth-order valence-electron chi connectivity index (χ4n) is 0.203. The Labute approximate surface area is 58.7 Å². The number of carbonyl (C=O) groups is 1. The Morgan fingerprint density at radius 2 is 1.90 bits per heavy atom. The van der Waals surface area contributed by atoms with Gasteiger partial charge < -0.3 is 4.74 Å². The summed E-state index contributed by atoms with van der Waals surface area (Å²) in [6, 6.07) is 0. The second-order valence-electron chi connectivity index (χ2n) is 1.25. The molecule has 0 fully saturated rings. The summed E-state index contributed by atoms with van der Waals surface area (Å²) >= 11 is 0. The summed E-state index contributed by atoms with van der Waals surface area (Å²) < 4.78 is 24.9. The van der Waals surface area contributed by atoms with Gasteiger partial charge in [-0.1, -0.05) is 13.2 Å². The van der Waals surface area contributed by atoms with Crippen LogP contribution < -0.4 is 0 Å². The van der Waals surface area contributed by atoms with Crippen LogP contribution in [0.15, 0.2) is 24.8 Å². The summed E-state index contributed by atoms with van der Waals surface area (Å²) in [6.45, 7) is 5.92. The van der Waals surface area contributed by atoms with Crippen LogP contribution in [0.1, 0.15) is 0 Å². The highest BCUT2D eigenvalue weighted by Gasteiger charge is 2.17. The Morgan fingerprint density at radius 3 is 2.20 bits per heavy atom. The highest BCUT2D eigenvalue weighted by Crippen LogP contribution is 1.96. The molecule has 0 amide bonds. The molecule has 4 nitrogen and oxygen atoms in total. The van der Waals surface area contributed by atoms with E-state index in [2.05, 4.69) is 17.9 Å². The normalized spacial score (nSPS) is 10.0. The first-order chi connectivity index (χ1) is 4.54. The number of ether oxygens (including phenoxy) is 1. The van der Waals surface area contributed by atoms with Crippen LogP contribution in [0.5, 0.6) is 0 Å². The molecule has 0 saturated carbocycles. The smallest absolute Gasteiger partial charge is 0.423 e. The standard InChI is InChI=1S/C5H6O4S/c1-3-9-5(6)10(7,8)4-2/h3-4H,1-2H2. The SMILES string of the molecule is C=COC(=O)S(=O)(=O)C=C. The van der Waals surface area contributed by atoms with Crippen molar-refractivity contribution < 1.29 is 17.9 Å². The lowest BCUT2D eigenvalue weighted by molar-refractivity contribution is 0.211. The molecule has 0 heterocycles. The second-order valence-corrected chi connectivity index (χ2v) is 3.00. The van der Waals surface area contributed by atoms with E-state index in [9.17, 15) is 13.2 Å². The molecule has 0 radical (unpaired) electrons. The zero-order valence-corrected chi connectivity index (χ0v) is 5.93. The van der Waals surface area contributed by atoms with E-state index in [0.29, 0.717) is 5.41 Å². The molecular formula is C5H6O4S. The molecule has 0 aliphatic rings. The van der Waals surface area contributed by atoms with Crippen molar-refractivity contribution in [2.45, 2.75) is 0 Å².